The molecule has 9 nitrogen and oxygen atoms in total. The van der Waals surface area contributed by atoms with Gasteiger partial charge in [-0.15, -0.1) is 0 Å². The molecule has 0 saturated carbocycles. The number of hydrogen-bond acceptors (Lipinski definition) is 8. The number of hydrogen-bond donors (Lipinski definition) is 0. The Labute approximate surface area is 312 Å². The van der Waals surface area contributed by atoms with E-state index in [1.165, 1.54) is 6.07 Å². The van der Waals surface area contributed by atoms with Crippen LogP contribution >= 0.6 is 11.6 Å². The van der Waals surface area contributed by atoms with Crippen LogP contribution in [0, 0.1) is 5.82 Å². The number of ether oxygens (including phenoxy) is 5. The molecule has 2 aliphatic heterocycles. The Balaban J connectivity index is 1.23. The molecule has 6 rings (SSSR count). The lowest BCUT2D eigenvalue weighted by Crippen LogP contribution is -2.47. The van der Waals surface area contributed by atoms with Crippen LogP contribution in [0.5, 0.6) is 11.8 Å². The lowest BCUT2D eigenvalue weighted by molar-refractivity contribution is -0.0230. The van der Waals surface area contributed by atoms with E-state index >= 15 is 4.39 Å². The highest BCUT2D eigenvalue weighted by Gasteiger charge is 2.52. The molecule has 3 aliphatic rings. The van der Waals surface area contributed by atoms with Crippen LogP contribution in [0.15, 0.2) is 18.2 Å². The van der Waals surface area contributed by atoms with Gasteiger partial charge in [-0.2, -0.15) is 4.98 Å². The summed E-state index contributed by atoms with van der Waals surface area (Å²) in [5.74, 6) is -3.60. The van der Waals surface area contributed by atoms with Gasteiger partial charge in [-0.1, -0.05) is 52.0 Å². The average molecular weight is 784 g/mol. The molecule has 52 heavy (non-hydrogen) atoms. The van der Waals surface area contributed by atoms with Gasteiger partial charge in [0.15, 0.2) is 26.7 Å². The second-order valence-electron chi connectivity index (χ2n) is 17.4. The molecule has 15 heteroatoms. The van der Waals surface area contributed by atoms with Gasteiger partial charge in [0.2, 0.25) is 0 Å². The van der Waals surface area contributed by atoms with E-state index in [-0.39, 0.29) is 41.7 Å². The smallest absolute Gasteiger partial charge is 0.301 e. The molecule has 0 N–H and O–H groups in total. The maximum Gasteiger partial charge on any atom is 0.301 e. The van der Waals surface area contributed by atoms with Gasteiger partial charge in [0.05, 0.1) is 30.0 Å². The highest BCUT2D eigenvalue weighted by atomic mass is 35.5. The van der Waals surface area contributed by atoms with Gasteiger partial charge < -0.3 is 28.1 Å². The Morgan fingerprint density at radius 3 is 2.35 bits per heavy atom. The second-order valence-corrected chi connectivity index (χ2v) is 28.2. The van der Waals surface area contributed by atoms with Gasteiger partial charge in [0.1, 0.15) is 36.0 Å². The summed E-state index contributed by atoms with van der Waals surface area (Å²) >= 11 is 6.83. The Bertz CT molecular complexity index is 1760. The van der Waals surface area contributed by atoms with Gasteiger partial charge >= 0.3 is 6.01 Å². The van der Waals surface area contributed by atoms with Crippen molar-refractivity contribution in [1.82, 2.24) is 14.5 Å². The van der Waals surface area contributed by atoms with E-state index in [4.69, 9.17) is 49.7 Å². The Hall–Kier alpha value is -2.21. The van der Waals surface area contributed by atoms with E-state index in [1.807, 2.05) is 4.57 Å². The lowest BCUT2D eigenvalue weighted by atomic mass is 9.95. The first-order chi connectivity index (χ1) is 24.2. The Kier molecular flexibility index (Phi) is 11.2. The summed E-state index contributed by atoms with van der Waals surface area (Å²) < 4.78 is 81.2. The third-order valence-electron chi connectivity index (χ3n) is 10.7. The summed E-state index contributed by atoms with van der Waals surface area (Å²) in [4.78, 5) is 9.80. The summed E-state index contributed by atoms with van der Waals surface area (Å²) in [5.41, 5.74) is 2.99. The van der Waals surface area contributed by atoms with Gasteiger partial charge in [-0.05, 0) is 72.6 Å². The molecular formula is C37H53ClF3N3O6Si2. The standard InChI is InChI=1S/C37H53ClF3N3O6Si2/c1-36(2,3)52(8,9)50-30-19-47-32-29(18-46-33(30)32)49-35-43-28-17-25(38)27(42-34(28)44(35)21-45-12-13-51(5,6)7)15-23-11-10-22-14-24(16-26(39)31(22)23)48-20-37(4,40)41/h14,16-17,23,29-30,32-33H,10-13,15,18-21H2,1-9H3/t23?,29-,30-,32-,33-/m1/s1. The van der Waals surface area contributed by atoms with Crippen LogP contribution in [-0.4, -0.2) is 87.7 Å². The first-order valence-corrected chi connectivity index (χ1v) is 25.2. The van der Waals surface area contributed by atoms with Crippen LogP contribution < -0.4 is 9.47 Å². The second kappa shape index (κ2) is 14.8. The monoisotopic (exact) mass is 783 g/mol. The zero-order valence-corrected chi connectivity index (χ0v) is 34.5. The summed E-state index contributed by atoms with van der Waals surface area (Å²) in [6.07, 6.45) is 0.491. The molecule has 0 amide bonds. The molecule has 1 aliphatic carbocycles. The normalized spacial score (nSPS) is 23.8. The molecule has 2 aromatic heterocycles. The van der Waals surface area contributed by atoms with Crippen molar-refractivity contribution in [2.75, 3.05) is 26.4 Å². The number of fused-ring (bicyclic) bond motifs is 3. The molecule has 3 aromatic rings. The van der Waals surface area contributed by atoms with Crippen molar-refractivity contribution in [3.8, 4) is 11.8 Å². The van der Waals surface area contributed by atoms with Crippen LogP contribution in [-0.2, 0) is 38.2 Å². The number of imidazole rings is 1. The summed E-state index contributed by atoms with van der Waals surface area (Å²) in [6.45, 7) is 19.5. The minimum Gasteiger partial charge on any atom is -0.487 e. The highest BCUT2D eigenvalue weighted by molar-refractivity contribution is 6.76. The average Bonchev–Trinajstić information content (AvgIpc) is 3.78. The largest absolute Gasteiger partial charge is 0.487 e. The number of aryl methyl sites for hydroxylation is 1. The van der Waals surface area contributed by atoms with Gasteiger partial charge in [0.25, 0.3) is 5.92 Å². The van der Waals surface area contributed by atoms with Crippen LogP contribution in [0.25, 0.3) is 11.2 Å². The molecular weight excluding hydrogens is 731 g/mol. The van der Waals surface area contributed by atoms with E-state index in [0.717, 1.165) is 18.5 Å². The summed E-state index contributed by atoms with van der Waals surface area (Å²) in [7, 11) is -3.39. The minimum absolute atomic E-state index is 0.0535. The van der Waals surface area contributed by atoms with Gasteiger partial charge in [-0.25, -0.2) is 18.2 Å². The van der Waals surface area contributed by atoms with Crippen molar-refractivity contribution >= 4 is 39.2 Å². The molecule has 0 spiro atoms. The molecule has 1 aromatic carbocycles. The highest BCUT2D eigenvalue weighted by Crippen LogP contribution is 2.42. The number of nitrogens with zero attached hydrogens (tertiary/aromatic N) is 3. The van der Waals surface area contributed by atoms with Crippen LogP contribution in [0.4, 0.5) is 13.2 Å². The van der Waals surface area contributed by atoms with E-state index in [2.05, 4.69) is 53.5 Å². The van der Waals surface area contributed by atoms with Gasteiger partial charge in [0, 0.05) is 27.7 Å². The number of alkyl halides is 2. The zero-order chi connectivity index (χ0) is 37.8. The van der Waals surface area contributed by atoms with Crippen molar-refractivity contribution in [3.63, 3.8) is 0 Å². The SMILES string of the molecule is CC(F)(F)COc1cc(F)c2c(c1)CCC2Cc1nc2c(cc1Cl)nc(O[C@@H]1CO[C@H]3[C@@H]1OC[C@H]3O[Si](C)(C)C(C)(C)C)n2COCC[Si](C)(C)C. The first kappa shape index (κ1) is 39.5. The van der Waals surface area contributed by atoms with Crippen LogP contribution in [0.1, 0.15) is 56.9 Å². The number of halogens is 4. The fourth-order valence-corrected chi connectivity index (χ4v) is 9.06. The van der Waals surface area contributed by atoms with Crippen LogP contribution in [0.2, 0.25) is 48.8 Å². The zero-order valence-electron chi connectivity index (χ0n) is 31.8. The number of pyridine rings is 1. The fraction of sp³-hybridized carbons (Fsp3) is 0.676. The fourth-order valence-electron chi connectivity index (χ4n) is 6.76. The topological polar surface area (TPSA) is 86.1 Å². The predicted octanol–water partition coefficient (Wildman–Crippen LogP) is 8.78. The van der Waals surface area contributed by atoms with E-state index in [1.54, 1.807) is 12.1 Å². The molecule has 2 fully saturated rings. The summed E-state index contributed by atoms with van der Waals surface area (Å²) in [6, 6.07) is 5.93. The number of benzene rings is 1. The van der Waals surface area contributed by atoms with Crippen LogP contribution in [0.3, 0.4) is 0 Å². The first-order valence-electron chi connectivity index (χ1n) is 18.2. The van der Waals surface area contributed by atoms with E-state index in [9.17, 15) is 8.78 Å². The van der Waals surface area contributed by atoms with E-state index < -0.39 is 40.8 Å². The third-order valence-corrected chi connectivity index (χ3v) is 17.2. The maximum absolute atomic E-state index is 15.5. The molecule has 4 heterocycles. The quantitative estimate of drug-likeness (QED) is 0.119. The van der Waals surface area contributed by atoms with Crippen molar-refractivity contribution in [2.24, 2.45) is 0 Å². The number of rotatable bonds is 14. The molecule has 1 unspecified atom stereocenters. The van der Waals surface area contributed by atoms with Gasteiger partial charge in [-0.3, -0.25) is 4.57 Å². The number of aromatic nitrogens is 3. The predicted molar refractivity (Wildman–Crippen MR) is 200 cm³/mol. The minimum atomic E-state index is -3.02. The molecule has 5 atom stereocenters. The molecule has 0 radical (unpaired) electrons. The Morgan fingerprint density at radius 1 is 0.981 bits per heavy atom. The molecule has 288 valence electrons. The Morgan fingerprint density at radius 2 is 1.67 bits per heavy atom. The lowest BCUT2D eigenvalue weighted by Gasteiger charge is -2.39. The third kappa shape index (κ3) is 8.84. The molecule has 2 saturated heterocycles. The molecule has 0 bridgehead atoms. The van der Waals surface area contributed by atoms with Crippen molar-refractivity contribution in [1.29, 1.82) is 0 Å². The van der Waals surface area contributed by atoms with Crippen molar-refractivity contribution < 1.29 is 41.3 Å². The van der Waals surface area contributed by atoms with E-state index in [0.29, 0.717) is 72.5 Å². The maximum atomic E-state index is 15.5. The van der Waals surface area contributed by atoms with Crippen molar-refractivity contribution in [2.45, 2.75) is 134 Å². The summed E-state index contributed by atoms with van der Waals surface area (Å²) in [5, 5.41) is 0.467. The van der Waals surface area contributed by atoms with Crippen molar-refractivity contribution in [3.05, 3.63) is 45.9 Å².